The van der Waals surface area contributed by atoms with Crippen LogP contribution in [0.3, 0.4) is 0 Å². The van der Waals surface area contributed by atoms with Crippen LogP contribution in [0.25, 0.3) is 0 Å². The predicted octanol–water partition coefficient (Wildman–Crippen LogP) is 3.49. The fraction of sp³-hybridized carbons (Fsp3) is 0.579. The number of carbonyl (C=O) groups excluding carboxylic acids is 2. The maximum atomic E-state index is 12.5. The lowest BCUT2D eigenvalue weighted by molar-refractivity contribution is -0.137. The third-order valence-electron chi connectivity index (χ3n) is 4.66. The van der Waals surface area contributed by atoms with Crippen LogP contribution in [0.5, 0.6) is 0 Å². The van der Waals surface area contributed by atoms with Crippen molar-refractivity contribution in [3.8, 4) is 0 Å². The summed E-state index contributed by atoms with van der Waals surface area (Å²) in [5.41, 5.74) is -0.166. The lowest BCUT2D eigenvalue weighted by atomic mass is 10.0. The number of carbonyl (C=O) groups is 2. The number of likely N-dealkylation sites (tertiary alicyclic amines) is 1. The van der Waals surface area contributed by atoms with Crippen molar-refractivity contribution in [3.63, 3.8) is 0 Å². The van der Waals surface area contributed by atoms with Gasteiger partial charge in [0.05, 0.1) is 15.6 Å². The van der Waals surface area contributed by atoms with Gasteiger partial charge >= 0.3 is 5.97 Å². The third-order valence-corrected chi connectivity index (χ3v) is 6.86. The topological polar surface area (TPSA) is 92.8 Å². The van der Waals surface area contributed by atoms with Crippen LogP contribution in [-0.2, 0) is 19.6 Å². The Morgan fingerprint density at radius 2 is 1.93 bits per heavy atom. The summed E-state index contributed by atoms with van der Waals surface area (Å²) in [4.78, 5) is 26.2. The van der Waals surface area contributed by atoms with E-state index in [2.05, 4.69) is 4.72 Å². The first kappa shape index (κ1) is 23.9. The summed E-state index contributed by atoms with van der Waals surface area (Å²) in [6.07, 6.45) is 2.89. The number of benzene rings is 1. The summed E-state index contributed by atoms with van der Waals surface area (Å²) < 4.78 is 32.5. The van der Waals surface area contributed by atoms with E-state index in [9.17, 15) is 18.0 Å². The molecule has 0 saturated carbocycles. The Bertz CT molecular complexity index is 874. The first-order valence-corrected chi connectivity index (χ1v) is 11.7. The monoisotopic (exact) mass is 464 g/mol. The fourth-order valence-electron chi connectivity index (χ4n) is 3.00. The van der Waals surface area contributed by atoms with E-state index in [4.69, 9.17) is 27.9 Å². The molecule has 29 heavy (non-hydrogen) atoms. The minimum atomic E-state index is -3.94. The van der Waals surface area contributed by atoms with E-state index in [0.717, 1.165) is 25.3 Å². The Hall–Kier alpha value is -1.35. The zero-order valence-corrected chi connectivity index (χ0v) is 19.0. The molecular formula is C19H26Cl2N2O5S. The molecule has 7 nitrogen and oxygen atoms in total. The highest BCUT2D eigenvalue weighted by Gasteiger charge is 2.26. The van der Waals surface area contributed by atoms with Crippen LogP contribution in [0.1, 0.15) is 50.4 Å². The van der Waals surface area contributed by atoms with Gasteiger partial charge in [0.2, 0.25) is 10.0 Å². The van der Waals surface area contributed by atoms with Crippen LogP contribution in [0.15, 0.2) is 17.0 Å². The first-order chi connectivity index (χ1) is 13.5. The maximum absolute atomic E-state index is 12.5. The van der Waals surface area contributed by atoms with Crippen molar-refractivity contribution >= 4 is 45.1 Å². The Balaban J connectivity index is 2.14. The normalized spacial score (nSPS) is 17.4. The largest absolute Gasteiger partial charge is 0.452 e. The highest BCUT2D eigenvalue weighted by molar-refractivity contribution is 7.89. The number of hydrogen-bond acceptors (Lipinski definition) is 5. The number of rotatable bonds is 7. The van der Waals surface area contributed by atoms with Gasteiger partial charge < -0.3 is 9.64 Å². The number of amides is 1. The van der Waals surface area contributed by atoms with Crippen molar-refractivity contribution in [3.05, 3.63) is 27.7 Å². The highest BCUT2D eigenvalue weighted by Crippen LogP contribution is 2.29. The molecule has 1 aliphatic rings. The third kappa shape index (κ3) is 6.31. The van der Waals surface area contributed by atoms with Crippen molar-refractivity contribution in [1.29, 1.82) is 0 Å². The fourth-order valence-corrected chi connectivity index (χ4v) is 5.06. The Labute approximate surface area is 181 Å². The van der Waals surface area contributed by atoms with Crippen molar-refractivity contribution in [2.75, 3.05) is 19.7 Å². The van der Waals surface area contributed by atoms with E-state index in [1.807, 2.05) is 20.8 Å². The second kappa shape index (κ2) is 10.1. The summed E-state index contributed by atoms with van der Waals surface area (Å²) in [6, 6.07) is 2.35. The minimum absolute atomic E-state index is 0.0541. The molecule has 162 valence electrons. The second-order valence-electron chi connectivity index (χ2n) is 7.52. The molecule has 0 aromatic heterocycles. The van der Waals surface area contributed by atoms with E-state index in [1.165, 1.54) is 6.07 Å². The molecule has 1 aromatic rings. The molecule has 1 heterocycles. The molecule has 1 aromatic carbocycles. The lowest BCUT2D eigenvalue weighted by Crippen LogP contribution is -2.44. The predicted molar refractivity (Wildman–Crippen MR) is 112 cm³/mol. The SMILES string of the molecule is CC(C)CNS(=O)(=O)c1cc(C(=O)OCC(=O)N2CCCC[C@@H]2C)c(Cl)cc1Cl. The van der Waals surface area contributed by atoms with Gasteiger partial charge in [-0.25, -0.2) is 17.9 Å². The summed E-state index contributed by atoms with van der Waals surface area (Å²) in [6.45, 7) is 6.07. The number of sulfonamides is 1. The van der Waals surface area contributed by atoms with E-state index in [-0.39, 0.29) is 44.9 Å². The molecule has 0 unspecified atom stereocenters. The Kier molecular flexibility index (Phi) is 8.34. The van der Waals surface area contributed by atoms with Gasteiger partial charge in [0.25, 0.3) is 5.91 Å². The zero-order chi connectivity index (χ0) is 21.8. The molecule has 1 fully saturated rings. The molecule has 1 amide bonds. The molecule has 0 radical (unpaired) electrons. The van der Waals surface area contributed by atoms with Crippen LogP contribution in [0.4, 0.5) is 0 Å². The maximum Gasteiger partial charge on any atom is 0.340 e. The Morgan fingerprint density at radius 1 is 1.24 bits per heavy atom. The number of hydrogen-bond donors (Lipinski definition) is 1. The number of esters is 1. The molecule has 1 N–H and O–H groups in total. The average molecular weight is 465 g/mol. The number of ether oxygens (including phenoxy) is 1. The van der Waals surface area contributed by atoms with Gasteiger partial charge in [-0.05, 0) is 44.2 Å². The quantitative estimate of drug-likeness (QED) is 0.623. The van der Waals surface area contributed by atoms with Crippen LogP contribution >= 0.6 is 23.2 Å². The van der Waals surface area contributed by atoms with Gasteiger partial charge in [-0.1, -0.05) is 37.0 Å². The van der Waals surface area contributed by atoms with Crippen molar-refractivity contribution in [2.45, 2.75) is 51.0 Å². The molecule has 1 atom stereocenters. The second-order valence-corrected chi connectivity index (χ2v) is 10.1. The van der Waals surface area contributed by atoms with Gasteiger partial charge in [-0.3, -0.25) is 4.79 Å². The lowest BCUT2D eigenvalue weighted by Gasteiger charge is -2.33. The number of piperidine rings is 1. The van der Waals surface area contributed by atoms with Gasteiger partial charge in [0, 0.05) is 19.1 Å². The molecule has 0 bridgehead atoms. The van der Waals surface area contributed by atoms with E-state index in [1.54, 1.807) is 4.90 Å². The van der Waals surface area contributed by atoms with Crippen molar-refractivity contribution in [2.24, 2.45) is 5.92 Å². The van der Waals surface area contributed by atoms with E-state index in [0.29, 0.717) is 6.54 Å². The van der Waals surface area contributed by atoms with Crippen molar-refractivity contribution < 1.29 is 22.7 Å². The standard InChI is InChI=1S/C19H26Cl2N2O5S/c1-12(2)10-22-29(26,27)17-8-14(15(20)9-16(17)21)19(25)28-11-18(24)23-7-5-4-6-13(23)3/h8-9,12-13,22H,4-7,10-11H2,1-3H3/t13-/m0/s1. The first-order valence-electron chi connectivity index (χ1n) is 9.48. The molecule has 2 rings (SSSR count). The molecule has 1 aliphatic heterocycles. The molecule has 1 saturated heterocycles. The van der Waals surface area contributed by atoms with E-state index >= 15 is 0 Å². The molecule has 10 heteroatoms. The van der Waals surface area contributed by atoms with Gasteiger partial charge in [0.1, 0.15) is 4.90 Å². The number of nitrogens with zero attached hydrogens (tertiary/aromatic N) is 1. The van der Waals surface area contributed by atoms with Crippen LogP contribution in [0.2, 0.25) is 10.0 Å². The van der Waals surface area contributed by atoms with Gasteiger partial charge in [0.15, 0.2) is 6.61 Å². The zero-order valence-electron chi connectivity index (χ0n) is 16.7. The minimum Gasteiger partial charge on any atom is -0.452 e. The van der Waals surface area contributed by atoms with E-state index < -0.39 is 22.6 Å². The molecule has 0 aliphatic carbocycles. The number of nitrogens with one attached hydrogen (secondary N) is 1. The molecular weight excluding hydrogens is 439 g/mol. The van der Waals surface area contributed by atoms with Crippen molar-refractivity contribution in [1.82, 2.24) is 9.62 Å². The smallest absolute Gasteiger partial charge is 0.340 e. The van der Waals surface area contributed by atoms with Crippen LogP contribution in [0, 0.1) is 5.92 Å². The van der Waals surface area contributed by atoms with Crippen LogP contribution in [-0.4, -0.2) is 50.9 Å². The van der Waals surface area contributed by atoms with Crippen LogP contribution < -0.4 is 4.72 Å². The average Bonchev–Trinajstić information content (AvgIpc) is 2.64. The summed E-state index contributed by atoms with van der Waals surface area (Å²) in [5, 5.41) is -0.164. The Morgan fingerprint density at radius 3 is 2.55 bits per heavy atom. The highest BCUT2D eigenvalue weighted by atomic mass is 35.5. The summed E-state index contributed by atoms with van der Waals surface area (Å²) in [5.74, 6) is -1.09. The number of halogens is 2. The molecule has 0 spiro atoms. The van der Waals surface area contributed by atoms with Gasteiger partial charge in [-0.2, -0.15) is 0 Å². The summed E-state index contributed by atoms with van der Waals surface area (Å²) >= 11 is 12.1. The van der Waals surface area contributed by atoms with Gasteiger partial charge in [-0.15, -0.1) is 0 Å². The summed E-state index contributed by atoms with van der Waals surface area (Å²) in [7, 11) is -3.94.